The molecule has 1 amide bonds. The molecule has 1 aliphatic carbocycles. The van der Waals surface area contributed by atoms with E-state index in [1.54, 1.807) is 19.9 Å². The van der Waals surface area contributed by atoms with Crippen LogP contribution in [0.5, 0.6) is 0 Å². The van der Waals surface area contributed by atoms with E-state index in [4.69, 9.17) is 27.9 Å². The first-order valence-electron chi connectivity index (χ1n) is 12.3. The molecule has 1 aromatic heterocycles. The Morgan fingerprint density at radius 3 is 2.26 bits per heavy atom. The van der Waals surface area contributed by atoms with Gasteiger partial charge in [-0.05, 0) is 79.5 Å². The van der Waals surface area contributed by atoms with Crippen LogP contribution in [0.3, 0.4) is 0 Å². The summed E-state index contributed by atoms with van der Waals surface area (Å²) >= 11 is 14.2. The fourth-order valence-electron chi connectivity index (χ4n) is 4.71. The van der Waals surface area contributed by atoms with Gasteiger partial charge >= 0.3 is 6.09 Å². The summed E-state index contributed by atoms with van der Waals surface area (Å²) in [6.07, 6.45) is 0.620. The van der Waals surface area contributed by atoms with Crippen molar-refractivity contribution in [1.29, 1.82) is 0 Å². The summed E-state index contributed by atoms with van der Waals surface area (Å²) < 4.78 is 10.0. The second-order valence-corrected chi connectivity index (χ2v) is 11.2. The van der Waals surface area contributed by atoms with Gasteiger partial charge in [-0.15, -0.1) is 0 Å². The first-order chi connectivity index (χ1) is 18.2. The van der Waals surface area contributed by atoms with E-state index in [1.165, 1.54) is 11.5 Å². The first-order valence-corrected chi connectivity index (χ1v) is 13.8. The van der Waals surface area contributed by atoms with Crippen molar-refractivity contribution in [2.45, 2.75) is 45.1 Å². The number of nitrogens with zero attached hydrogens (tertiary/aromatic N) is 1. The van der Waals surface area contributed by atoms with Gasteiger partial charge in [-0.2, -0.15) is 4.37 Å². The molecular weight excluding hydrogens is 539 g/mol. The van der Waals surface area contributed by atoms with E-state index in [9.17, 15) is 9.59 Å². The summed E-state index contributed by atoms with van der Waals surface area (Å²) in [6, 6.07) is 21.2. The van der Waals surface area contributed by atoms with Crippen LogP contribution in [0.15, 0.2) is 66.7 Å². The number of Topliss-reactive ketones (excluding diaryl/α,β-unsaturated/α-hetero) is 1. The van der Waals surface area contributed by atoms with Gasteiger partial charge in [-0.25, -0.2) is 4.79 Å². The monoisotopic (exact) mass is 564 g/mol. The lowest BCUT2D eigenvalue weighted by atomic mass is 9.90. The number of ether oxygens (including phenoxy) is 1. The van der Waals surface area contributed by atoms with Crippen LogP contribution in [-0.4, -0.2) is 16.3 Å². The number of amides is 1. The molecule has 1 heterocycles. The Labute approximate surface area is 235 Å². The van der Waals surface area contributed by atoms with Gasteiger partial charge in [0.15, 0.2) is 0 Å². The number of rotatable bonds is 7. The third-order valence-corrected chi connectivity index (χ3v) is 8.75. The van der Waals surface area contributed by atoms with Gasteiger partial charge in [-0.1, -0.05) is 77.8 Å². The van der Waals surface area contributed by atoms with Gasteiger partial charge in [0.2, 0.25) is 0 Å². The summed E-state index contributed by atoms with van der Waals surface area (Å²) in [5.74, 6) is 0.169. The number of hydrogen-bond donors (Lipinski definition) is 1. The average molecular weight is 566 g/mol. The zero-order valence-electron chi connectivity index (χ0n) is 21.2. The zero-order valence-corrected chi connectivity index (χ0v) is 23.5. The lowest BCUT2D eigenvalue weighted by Crippen LogP contribution is -2.17. The van der Waals surface area contributed by atoms with E-state index >= 15 is 0 Å². The van der Waals surface area contributed by atoms with Gasteiger partial charge in [0.05, 0.1) is 21.7 Å². The molecule has 1 atom stereocenters. The van der Waals surface area contributed by atoms with Gasteiger partial charge in [0.25, 0.3) is 0 Å². The summed E-state index contributed by atoms with van der Waals surface area (Å²) in [5.41, 5.74) is 5.47. The van der Waals surface area contributed by atoms with Crippen LogP contribution in [0.25, 0.3) is 21.6 Å². The Kier molecular flexibility index (Phi) is 7.32. The van der Waals surface area contributed by atoms with E-state index in [1.807, 2.05) is 67.6 Å². The second-order valence-electron chi connectivity index (χ2n) is 9.58. The predicted molar refractivity (Wildman–Crippen MR) is 154 cm³/mol. The Morgan fingerprint density at radius 2 is 1.63 bits per heavy atom. The molecule has 0 bridgehead atoms. The number of hydrogen-bond acceptors (Lipinski definition) is 5. The van der Waals surface area contributed by atoms with Gasteiger partial charge in [0.1, 0.15) is 11.9 Å². The highest BCUT2D eigenvalue weighted by Gasteiger charge is 2.49. The molecule has 4 aromatic rings. The molecule has 0 radical (unpaired) electrons. The smallest absolute Gasteiger partial charge is 0.412 e. The van der Waals surface area contributed by atoms with E-state index in [0.29, 0.717) is 21.4 Å². The van der Waals surface area contributed by atoms with Crippen LogP contribution in [0, 0.1) is 6.92 Å². The molecule has 5 rings (SSSR count). The fraction of sp³-hybridized carbons (Fsp3) is 0.233. The number of anilines is 1. The number of carbonyl (C=O) groups is 2. The van der Waals surface area contributed by atoms with Crippen molar-refractivity contribution in [1.82, 2.24) is 4.37 Å². The molecular formula is C30H26Cl2N2O3S. The quantitative estimate of drug-likeness (QED) is 0.243. The number of benzene rings is 3. The fourth-order valence-corrected chi connectivity index (χ4v) is 6.21. The van der Waals surface area contributed by atoms with Crippen molar-refractivity contribution in [3.05, 3.63) is 93.6 Å². The van der Waals surface area contributed by atoms with Crippen molar-refractivity contribution in [2.24, 2.45) is 0 Å². The number of halogens is 2. The molecule has 3 aromatic carbocycles. The summed E-state index contributed by atoms with van der Waals surface area (Å²) in [7, 11) is 0. The molecule has 0 spiro atoms. The minimum atomic E-state index is -0.577. The molecule has 38 heavy (non-hydrogen) atoms. The highest BCUT2D eigenvalue weighted by atomic mass is 35.5. The number of ketones is 1. The normalized spacial score (nSPS) is 14.6. The lowest BCUT2D eigenvalue weighted by molar-refractivity contribution is -0.119. The SMILES string of the molecule is CC(=O)C1(c2ccc(-c3ccc(-c4snc(C)c4NC(=O)O[C@H](C)c4ccccc4Cl)cc3)cc2Cl)CC1. The Bertz CT molecular complexity index is 1530. The maximum Gasteiger partial charge on any atom is 0.412 e. The minimum absolute atomic E-state index is 0.169. The highest BCUT2D eigenvalue weighted by Crippen LogP contribution is 2.51. The number of carbonyl (C=O) groups excluding carboxylic acids is 2. The van der Waals surface area contributed by atoms with E-state index in [0.717, 1.165) is 45.5 Å². The standard InChI is InChI=1S/C30H26Cl2N2O3S/c1-17-27(33-29(36)37-18(2)23-6-4-5-7-25(23)31)28(38-34-17)21-10-8-20(9-11-21)22-12-13-24(26(32)16-22)30(14-15-30)19(3)35/h4-13,16,18H,14-15H2,1-3H3,(H,33,36)/t18-/m1/s1. The molecule has 1 fully saturated rings. The average Bonchev–Trinajstić information content (AvgIpc) is 3.63. The highest BCUT2D eigenvalue weighted by molar-refractivity contribution is 7.10. The molecule has 1 saturated carbocycles. The summed E-state index contributed by atoms with van der Waals surface area (Å²) in [4.78, 5) is 25.7. The third-order valence-electron chi connectivity index (χ3n) is 7.11. The minimum Gasteiger partial charge on any atom is -0.441 e. The molecule has 0 saturated heterocycles. The van der Waals surface area contributed by atoms with Crippen molar-refractivity contribution >= 4 is 52.3 Å². The van der Waals surface area contributed by atoms with E-state index in [-0.39, 0.29) is 5.78 Å². The molecule has 1 N–H and O–H groups in total. The molecule has 8 heteroatoms. The number of aromatic nitrogens is 1. The zero-order chi connectivity index (χ0) is 27.0. The van der Waals surface area contributed by atoms with Crippen LogP contribution in [0.1, 0.15) is 49.6 Å². The Hall–Kier alpha value is -3.19. The van der Waals surface area contributed by atoms with Crippen LogP contribution in [-0.2, 0) is 14.9 Å². The van der Waals surface area contributed by atoms with Gasteiger partial charge in [-0.3, -0.25) is 10.1 Å². The Morgan fingerprint density at radius 1 is 0.974 bits per heavy atom. The van der Waals surface area contributed by atoms with Crippen LogP contribution < -0.4 is 5.32 Å². The second kappa shape index (κ2) is 10.5. The van der Waals surface area contributed by atoms with E-state index in [2.05, 4.69) is 9.69 Å². The maximum atomic E-state index is 12.7. The van der Waals surface area contributed by atoms with Crippen LogP contribution in [0.4, 0.5) is 10.5 Å². The molecule has 194 valence electrons. The number of nitrogens with one attached hydrogen (secondary N) is 1. The van der Waals surface area contributed by atoms with Gasteiger partial charge < -0.3 is 4.74 Å². The molecule has 0 aliphatic heterocycles. The molecule has 0 unspecified atom stereocenters. The van der Waals surface area contributed by atoms with Crippen molar-refractivity contribution in [3.63, 3.8) is 0 Å². The predicted octanol–water partition coefficient (Wildman–Crippen LogP) is 9.02. The molecule has 1 aliphatic rings. The molecule has 5 nitrogen and oxygen atoms in total. The number of aryl methyl sites for hydroxylation is 1. The van der Waals surface area contributed by atoms with Crippen molar-refractivity contribution < 1.29 is 14.3 Å². The lowest BCUT2D eigenvalue weighted by Gasteiger charge is -2.16. The maximum absolute atomic E-state index is 12.7. The van der Waals surface area contributed by atoms with Crippen molar-refractivity contribution in [2.75, 3.05) is 5.32 Å². The van der Waals surface area contributed by atoms with Crippen LogP contribution in [0.2, 0.25) is 10.0 Å². The Balaban J connectivity index is 1.33. The summed E-state index contributed by atoms with van der Waals surface area (Å²) in [6.45, 7) is 5.26. The largest absolute Gasteiger partial charge is 0.441 e. The third kappa shape index (κ3) is 5.08. The first kappa shape index (κ1) is 26.4. The summed E-state index contributed by atoms with van der Waals surface area (Å²) in [5, 5.41) is 4.03. The van der Waals surface area contributed by atoms with Crippen LogP contribution >= 0.6 is 34.7 Å². The topological polar surface area (TPSA) is 68.3 Å². The van der Waals surface area contributed by atoms with Crippen molar-refractivity contribution in [3.8, 4) is 21.6 Å². The van der Waals surface area contributed by atoms with E-state index < -0.39 is 17.6 Å². The van der Waals surface area contributed by atoms with Gasteiger partial charge in [0, 0.05) is 15.6 Å².